The normalized spacial score (nSPS) is 12.2. The van der Waals surface area contributed by atoms with E-state index in [1.165, 1.54) is 11.3 Å². The molecular formula is C21H23ClN2O3S. The van der Waals surface area contributed by atoms with E-state index in [1.54, 1.807) is 6.26 Å². The Morgan fingerprint density at radius 1 is 1.29 bits per heavy atom. The molecule has 1 atom stereocenters. The average Bonchev–Trinajstić information content (AvgIpc) is 3.34. The summed E-state index contributed by atoms with van der Waals surface area (Å²) >= 11 is 7.47. The van der Waals surface area contributed by atoms with Crippen LogP contribution in [0.25, 0.3) is 0 Å². The molecule has 5 nitrogen and oxygen atoms in total. The minimum atomic E-state index is -0.381. The summed E-state index contributed by atoms with van der Waals surface area (Å²) in [5, 5.41) is 0. The number of hydrogen-bond acceptors (Lipinski definition) is 5. The number of furan rings is 1. The first-order valence-electron chi connectivity index (χ1n) is 9.03. The molecule has 3 aromatic rings. The summed E-state index contributed by atoms with van der Waals surface area (Å²) in [4.78, 5) is 14.8. The third-order valence-corrected chi connectivity index (χ3v) is 5.70. The van der Waals surface area contributed by atoms with Crippen LogP contribution in [0.2, 0.25) is 4.34 Å². The molecule has 2 N–H and O–H groups in total. The highest BCUT2D eigenvalue weighted by atomic mass is 35.5. The molecular weight excluding hydrogens is 396 g/mol. The quantitative estimate of drug-likeness (QED) is 0.526. The number of rotatable bonds is 10. The van der Waals surface area contributed by atoms with Crippen molar-refractivity contribution in [3.8, 4) is 5.75 Å². The smallest absolute Gasteiger partial charge is 0.234 e. The van der Waals surface area contributed by atoms with Crippen molar-refractivity contribution in [2.45, 2.75) is 32.5 Å². The minimum Gasteiger partial charge on any atom is -0.488 e. The van der Waals surface area contributed by atoms with E-state index in [1.807, 2.05) is 54.3 Å². The van der Waals surface area contributed by atoms with Gasteiger partial charge in [-0.15, -0.1) is 11.3 Å². The summed E-state index contributed by atoms with van der Waals surface area (Å²) in [5.74, 6) is 1.26. The van der Waals surface area contributed by atoms with Gasteiger partial charge in [0.15, 0.2) is 0 Å². The third kappa shape index (κ3) is 5.86. The molecule has 0 fully saturated rings. The average molecular weight is 419 g/mol. The lowest BCUT2D eigenvalue weighted by Gasteiger charge is -2.26. The van der Waals surface area contributed by atoms with Crippen molar-refractivity contribution in [3.63, 3.8) is 0 Å². The third-order valence-electron chi connectivity index (χ3n) is 4.49. The zero-order valence-electron chi connectivity index (χ0n) is 15.6. The molecule has 0 spiro atoms. The number of amides is 1. The minimum absolute atomic E-state index is 0.349. The van der Waals surface area contributed by atoms with Gasteiger partial charge in [-0.25, -0.2) is 0 Å². The van der Waals surface area contributed by atoms with Gasteiger partial charge in [0.1, 0.15) is 18.1 Å². The van der Waals surface area contributed by atoms with Crippen molar-refractivity contribution in [1.82, 2.24) is 4.90 Å². The largest absolute Gasteiger partial charge is 0.488 e. The van der Waals surface area contributed by atoms with Crippen molar-refractivity contribution < 1.29 is 13.9 Å². The van der Waals surface area contributed by atoms with Crippen molar-refractivity contribution in [2.75, 3.05) is 6.54 Å². The van der Waals surface area contributed by atoms with E-state index >= 15 is 0 Å². The number of hydrogen-bond donors (Lipinski definition) is 1. The molecule has 1 aromatic carbocycles. The first-order valence-corrected chi connectivity index (χ1v) is 10.2. The van der Waals surface area contributed by atoms with Crippen molar-refractivity contribution in [1.29, 1.82) is 0 Å². The molecule has 0 aliphatic carbocycles. The lowest BCUT2D eigenvalue weighted by molar-refractivity contribution is -0.122. The number of primary amides is 1. The van der Waals surface area contributed by atoms with Gasteiger partial charge in [-0.3, -0.25) is 9.69 Å². The molecule has 0 radical (unpaired) electrons. The van der Waals surface area contributed by atoms with Gasteiger partial charge in [0.2, 0.25) is 5.91 Å². The van der Waals surface area contributed by atoms with Crippen LogP contribution < -0.4 is 10.5 Å². The molecule has 2 heterocycles. The van der Waals surface area contributed by atoms with E-state index in [4.69, 9.17) is 26.5 Å². The molecule has 0 saturated heterocycles. The highest BCUT2D eigenvalue weighted by Gasteiger charge is 2.20. The Balaban J connectivity index is 1.60. The fourth-order valence-corrected chi connectivity index (χ4v) is 3.84. The van der Waals surface area contributed by atoms with Crippen LogP contribution >= 0.6 is 22.9 Å². The zero-order valence-corrected chi connectivity index (χ0v) is 17.2. The molecule has 148 valence electrons. The Labute approximate surface area is 173 Å². The molecule has 0 aliphatic rings. The summed E-state index contributed by atoms with van der Waals surface area (Å²) in [5.41, 5.74) is 6.64. The molecule has 1 amide bonds. The van der Waals surface area contributed by atoms with Crippen LogP contribution in [0.15, 0.2) is 59.2 Å². The number of nitrogens with zero attached hydrogens (tertiary/aromatic N) is 1. The van der Waals surface area contributed by atoms with Crippen molar-refractivity contribution >= 4 is 28.8 Å². The first kappa shape index (κ1) is 20.5. The van der Waals surface area contributed by atoms with E-state index in [-0.39, 0.29) is 11.9 Å². The van der Waals surface area contributed by atoms with Crippen LogP contribution in [0.5, 0.6) is 5.75 Å². The fourth-order valence-electron chi connectivity index (χ4n) is 2.84. The Morgan fingerprint density at radius 3 is 2.82 bits per heavy atom. The molecule has 0 aliphatic heterocycles. The number of carbonyl (C=O) groups is 1. The van der Waals surface area contributed by atoms with Gasteiger partial charge in [-0.1, -0.05) is 23.7 Å². The topological polar surface area (TPSA) is 68.7 Å². The maximum atomic E-state index is 11.7. The standard InChI is InChI=1S/C21H23ClN2O3S/c1-15(21(23)25)24(13-18-6-3-11-26-18)10-9-16-4-2-5-17(12-16)27-14-19-7-8-20(22)28-19/h2-8,11-12,15H,9-10,13-14H2,1H3,(H2,23,25). The van der Waals surface area contributed by atoms with Crippen LogP contribution in [0.3, 0.4) is 0 Å². The van der Waals surface area contributed by atoms with Gasteiger partial charge < -0.3 is 14.9 Å². The number of halogens is 1. The van der Waals surface area contributed by atoms with Gasteiger partial charge in [0.25, 0.3) is 0 Å². The summed E-state index contributed by atoms with van der Waals surface area (Å²) in [6.07, 6.45) is 2.39. The monoisotopic (exact) mass is 418 g/mol. The fraction of sp³-hybridized carbons (Fsp3) is 0.286. The predicted octanol–water partition coefficient (Wildman–Crippen LogP) is 4.49. The van der Waals surface area contributed by atoms with Crippen LogP contribution in [0.4, 0.5) is 0 Å². The highest BCUT2D eigenvalue weighted by molar-refractivity contribution is 7.16. The summed E-state index contributed by atoms with van der Waals surface area (Å²) < 4.78 is 12.0. The molecule has 0 bridgehead atoms. The molecule has 1 unspecified atom stereocenters. The first-order chi connectivity index (χ1) is 13.5. The van der Waals surface area contributed by atoms with E-state index < -0.39 is 0 Å². The summed E-state index contributed by atoms with van der Waals surface area (Å²) in [7, 11) is 0. The van der Waals surface area contributed by atoms with Gasteiger partial charge in [0.05, 0.1) is 23.2 Å². The number of benzene rings is 1. The molecule has 7 heteroatoms. The maximum Gasteiger partial charge on any atom is 0.234 e. The number of ether oxygens (including phenoxy) is 1. The lowest BCUT2D eigenvalue weighted by atomic mass is 10.1. The summed E-state index contributed by atoms with van der Waals surface area (Å²) in [6.45, 7) is 3.52. The van der Waals surface area contributed by atoms with Crippen LogP contribution in [0.1, 0.15) is 23.1 Å². The van der Waals surface area contributed by atoms with E-state index in [0.717, 1.165) is 32.7 Å². The number of carbonyl (C=O) groups excluding carboxylic acids is 1. The van der Waals surface area contributed by atoms with Crippen LogP contribution in [0, 0.1) is 0 Å². The SMILES string of the molecule is CC(C(N)=O)N(CCc1cccc(OCc2ccc(Cl)s2)c1)Cc1ccco1. The lowest BCUT2D eigenvalue weighted by Crippen LogP contribution is -2.43. The molecule has 2 aromatic heterocycles. The second kappa shape index (κ2) is 9.78. The Kier molecular flexibility index (Phi) is 7.14. The molecule has 28 heavy (non-hydrogen) atoms. The number of thiophene rings is 1. The van der Waals surface area contributed by atoms with Crippen molar-refractivity contribution in [3.05, 3.63) is 75.3 Å². The van der Waals surface area contributed by atoms with Crippen LogP contribution in [-0.2, 0) is 24.4 Å². The summed E-state index contributed by atoms with van der Waals surface area (Å²) in [6, 6.07) is 15.2. The van der Waals surface area contributed by atoms with Gasteiger partial charge >= 0.3 is 0 Å². The predicted molar refractivity (Wildman–Crippen MR) is 112 cm³/mol. The van der Waals surface area contributed by atoms with Gasteiger partial charge in [-0.05, 0) is 55.3 Å². The van der Waals surface area contributed by atoms with E-state index in [2.05, 4.69) is 6.07 Å². The molecule has 3 rings (SSSR count). The highest BCUT2D eigenvalue weighted by Crippen LogP contribution is 2.23. The second-order valence-corrected chi connectivity index (χ2v) is 8.32. The molecule has 0 saturated carbocycles. The van der Waals surface area contributed by atoms with Gasteiger partial charge in [-0.2, -0.15) is 0 Å². The van der Waals surface area contributed by atoms with Crippen LogP contribution in [-0.4, -0.2) is 23.4 Å². The Bertz CT molecular complexity index is 895. The number of nitrogens with two attached hydrogens (primary N) is 1. The zero-order chi connectivity index (χ0) is 19.9. The van der Waals surface area contributed by atoms with Gasteiger partial charge in [0, 0.05) is 11.4 Å². The van der Waals surface area contributed by atoms with E-state index in [0.29, 0.717) is 19.7 Å². The Morgan fingerprint density at radius 2 is 2.14 bits per heavy atom. The Hall–Kier alpha value is -2.28. The van der Waals surface area contributed by atoms with E-state index in [9.17, 15) is 4.79 Å². The second-order valence-electron chi connectivity index (χ2n) is 6.52. The van der Waals surface area contributed by atoms with Crippen molar-refractivity contribution in [2.24, 2.45) is 5.73 Å². The maximum absolute atomic E-state index is 11.7.